The van der Waals surface area contributed by atoms with Crippen LogP contribution in [-0.2, 0) is 9.84 Å². The van der Waals surface area contributed by atoms with E-state index in [1.807, 2.05) is 11.9 Å². The standard InChI is InChI=1S/C11H23NO3S/c1-12(9-10-16(2,14)15)8-7-11(13)5-3-4-6-11/h13H,3-10H2,1-2H3. The highest BCUT2D eigenvalue weighted by molar-refractivity contribution is 7.90. The fourth-order valence-corrected chi connectivity index (χ4v) is 2.76. The van der Waals surface area contributed by atoms with Crippen molar-refractivity contribution in [3.8, 4) is 0 Å². The smallest absolute Gasteiger partial charge is 0.148 e. The number of sulfone groups is 1. The van der Waals surface area contributed by atoms with Crippen molar-refractivity contribution in [2.45, 2.75) is 37.7 Å². The summed E-state index contributed by atoms with van der Waals surface area (Å²) in [6.07, 6.45) is 6.03. The quantitative estimate of drug-likeness (QED) is 0.751. The summed E-state index contributed by atoms with van der Waals surface area (Å²) in [6, 6.07) is 0. The zero-order valence-electron chi connectivity index (χ0n) is 10.3. The molecule has 1 rings (SSSR count). The average Bonchev–Trinajstić information content (AvgIpc) is 2.59. The molecule has 1 N–H and O–H groups in total. The molecule has 1 saturated carbocycles. The predicted molar refractivity (Wildman–Crippen MR) is 65.2 cm³/mol. The van der Waals surface area contributed by atoms with Gasteiger partial charge in [0.05, 0.1) is 11.4 Å². The van der Waals surface area contributed by atoms with Crippen molar-refractivity contribution in [3.05, 3.63) is 0 Å². The number of aliphatic hydroxyl groups is 1. The minimum Gasteiger partial charge on any atom is -0.390 e. The molecule has 1 aliphatic carbocycles. The van der Waals surface area contributed by atoms with E-state index in [0.29, 0.717) is 6.54 Å². The predicted octanol–water partition coefficient (Wildman–Crippen LogP) is 0.658. The van der Waals surface area contributed by atoms with Gasteiger partial charge < -0.3 is 10.0 Å². The summed E-state index contributed by atoms with van der Waals surface area (Å²) in [6.45, 7) is 1.32. The molecule has 16 heavy (non-hydrogen) atoms. The molecule has 0 aromatic rings. The molecule has 0 aliphatic heterocycles. The Balaban J connectivity index is 2.22. The number of nitrogens with zero attached hydrogens (tertiary/aromatic N) is 1. The molecular formula is C11H23NO3S. The summed E-state index contributed by atoms with van der Waals surface area (Å²) >= 11 is 0. The molecule has 0 heterocycles. The van der Waals surface area contributed by atoms with Crippen LogP contribution in [0.1, 0.15) is 32.1 Å². The fourth-order valence-electron chi connectivity index (χ4n) is 2.12. The van der Waals surface area contributed by atoms with Crippen molar-refractivity contribution in [3.63, 3.8) is 0 Å². The highest BCUT2D eigenvalue weighted by Crippen LogP contribution is 2.32. The van der Waals surface area contributed by atoms with E-state index in [2.05, 4.69) is 0 Å². The molecule has 4 nitrogen and oxygen atoms in total. The third-order valence-electron chi connectivity index (χ3n) is 3.34. The average molecular weight is 249 g/mol. The molecule has 0 aromatic heterocycles. The lowest BCUT2D eigenvalue weighted by Crippen LogP contribution is -2.33. The molecule has 0 radical (unpaired) electrons. The van der Waals surface area contributed by atoms with Gasteiger partial charge in [-0.25, -0.2) is 8.42 Å². The van der Waals surface area contributed by atoms with Gasteiger partial charge in [-0.05, 0) is 26.3 Å². The maximum Gasteiger partial charge on any atom is 0.148 e. The van der Waals surface area contributed by atoms with E-state index in [1.165, 1.54) is 6.26 Å². The van der Waals surface area contributed by atoms with Crippen molar-refractivity contribution in [2.75, 3.05) is 32.1 Å². The molecule has 1 fully saturated rings. The first kappa shape index (κ1) is 13.9. The van der Waals surface area contributed by atoms with E-state index in [9.17, 15) is 13.5 Å². The summed E-state index contributed by atoms with van der Waals surface area (Å²) < 4.78 is 22.0. The Hall–Kier alpha value is -0.130. The van der Waals surface area contributed by atoms with Crippen molar-refractivity contribution in [1.82, 2.24) is 4.90 Å². The van der Waals surface area contributed by atoms with Gasteiger partial charge in [-0.3, -0.25) is 0 Å². The monoisotopic (exact) mass is 249 g/mol. The van der Waals surface area contributed by atoms with E-state index in [-0.39, 0.29) is 5.75 Å². The topological polar surface area (TPSA) is 57.6 Å². The first-order valence-electron chi connectivity index (χ1n) is 5.89. The van der Waals surface area contributed by atoms with Crippen molar-refractivity contribution < 1.29 is 13.5 Å². The molecule has 0 spiro atoms. The van der Waals surface area contributed by atoms with Gasteiger partial charge in [-0.1, -0.05) is 12.8 Å². The Kier molecular flexibility index (Phi) is 4.76. The van der Waals surface area contributed by atoms with Gasteiger partial charge in [0.1, 0.15) is 9.84 Å². The summed E-state index contributed by atoms with van der Waals surface area (Å²) in [7, 11) is -0.970. The van der Waals surface area contributed by atoms with Crippen molar-refractivity contribution >= 4 is 9.84 Å². The number of hydrogen-bond donors (Lipinski definition) is 1. The second kappa shape index (κ2) is 5.47. The highest BCUT2D eigenvalue weighted by Gasteiger charge is 2.30. The molecule has 0 bridgehead atoms. The largest absolute Gasteiger partial charge is 0.390 e. The number of rotatable bonds is 6. The van der Waals surface area contributed by atoms with Crippen LogP contribution in [-0.4, -0.2) is 56.2 Å². The second-order valence-corrected chi connectivity index (χ2v) is 7.37. The first-order chi connectivity index (χ1) is 7.31. The van der Waals surface area contributed by atoms with Crippen LogP contribution in [0.2, 0.25) is 0 Å². The zero-order valence-corrected chi connectivity index (χ0v) is 11.1. The Labute approximate surface area is 98.6 Å². The van der Waals surface area contributed by atoms with Gasteiger partial charge in [-0.15, -0.1) is 0 Å². The molecule has 1 aliphatic rings. The third kappa shape index (κ3) is 5.27. The third-order valence-corrected chi connectivity index (χ3v) is 4.26. The molecular weight excluding hydrogens is 226 g/mol. The zero-order chi connectivity index (χ0) is 12.2. The second-order valence-electron chi connectivity index (χ2n) is 5.11. The molecule has 0 saturated heterocycles. The lowest BCUT2D eigenvalue weighted by molar-refractivity contribution is 0.0309. The maximum absolute atomic E-state index is 11.0. The first-order valence-corrected chi connectivity index (χ1v) is 7.95. The molecule has 0 unspecified atom stereocenters. The van der Waals surface area contributed by atoms with Crippen LogP contribution < -0.4 is 0 Å². The van der Waals surface area contributed by atoms with Gasteiger partial charge in [0.2, 0.25) is 0 Å². The van der Waals surface area contributed by atoms with Crippen molar-refractivity contribution in [2.24, 2.45) is 0 Å². The van der Waals surface area contributed by atoms with Gasteiger partial charge in [-0.2, -0.15) is 0 Å². The van der Waals surface area contributed by atoms with E-state index in [4.69, 9.17) is 0 Å². The number of hydrogen-bond acceptors (Lipinski definition) is 4. The molecule has 5 heteroatoms. The summed E-state index contributed by atoms with van der Waals surface area (Å²) in [5, 5.41) is 10.1. The maximum atomic E-state index is 11.0. The van der Waals surface area contributed by atoms with Crippen molar-refractivity contribution in [1.29, 1.82) is 0 Å². The minimum atomic E-state index is -2.88. The summed E-state index contributed by atoms with van der Waals surface area (Å²) in [5.41, 5.74) is -0.487. The van der Waals surface area contributed by atoms with Crippen LogP contribution in [0.3, 0.4) is 0 Å². The highest BCUT2D eigenvalue weighted by atomic mass is 32.2. The van der Waals surface area contributed by atoms with Crippen LogP contribution in [0.15, 0.2) is 0 Å². The van der Waals surface area contributed by atoms with Crippen LogP contribution >= 0.6 is 0 Å². The van der Waals surface area contributed by atoms with Gasteiger partial charge in [0.25, 0.3) is 0 Å². The van der Waals surface area contributed by atoms with Crippen LogP contribution in [0.4, 0.5) is 0 Å². The Morgan fingerprint density at radius 2 is 1.81 bits per heavy atom. The molecule has 0 amide bonds. The fraction of sp³-hybridized carbons (Fsp3) is 1.00. The normalized spacial score (nSPS) is 20.5. The van der Waals surface area contributed by atoms with E-state index < -0.39 is 15.4 Å². The van der Waals surface area contributed by atoms with Gasteiger partial charge in [0, 0.05) is 19.3 Å². The molecule has 0 aromatic carbocycles. The molecule has 0 atom stereocenters. The Morgan fingerprint density at radius 3 is 2.31 bits per heavy atom. The summed E-state index contributed by atoms with van der Waals surface area (Å²) in [4.78, 5) is 1.98. The lowest BCUT2D eigenvalue weighted by atomic mass is 9.98. The van der Waals surface area contributed by atoms with Crippen LogP contribution in [0.5, 0.6) is 0 Å². The van der Waals surface area contributed by atoms with Crippen LogP contribution in [0, 0.1) is 0 Å². The van der Waals surface area contributed by atoms with Gasteiger partial charge in [0.15, 0.2) is 0 Å². The van der Waals surface area contributed by atoms with E-state index in [1.54, 1.807) is 0 Å². The lowest BCUT2D eigenvalue weighted by Gasteiger charge is -2.25. The minimum absolute atomic E-state index is 0.196. The Morgan fingerprint density at radius 1 is 1.25 bits per heavy atom. The molecule has 96 valence electrons. The summed E-state index contributed by atoms with van der Waals surface area (Å²) in [5.74, 6) is 0.196. The van der Waals surface area contributed by atoms with E-state index in [0.717, 1.165) is 38.6 Å². The van der Waals surface area contributed by atoms with Gasteiger partial charge >= 0.3 is 0 Å². The van der Waals surface area contributed by atoms with E-state index >= 15 is 0 Å². The van der Waals surface area contributed by atoms with Crippen LogP contribution in [0.25, 0.3) is 0 Å². The SMILES string of the molecule is CN(CCC1(O)CCCC1)CCS(C)(=O)=O. The Bertz CT molecular complexity index is 307.